The molecule has 0 fully saturated rings. The Morgan fingerprint density at radius 1 is 1.28 bits per heavy atom. The highest BCUT2D eigenvalue weighted by molar-refractivity contribution is 7.98. The van der Waals surface area contributed by atoms with Gasteiger partial charge in [-0.25, -0.2) is 4.98 Å². The average Bonchev–Trinajstić information content (AvgIpc) is 2.70. The van der Waals surface area contributed by atoms with Crippen molar-refractivity contribution in [2.75, 3.05) is 0 Å². The van der Waals surface area contributed by atoms with Crippen LogP contribution in [-0.4, -0.2) is 9.55 Å². The van der Waals surface area contributed by atoms with Crippen LogP contribution in [0.3, 0.4) is 0 Å². The molecule has 2 nitrogen and oxygen atoms in total. The number of alkyl halides is 1. The lowest BCUT2D eigenvalue weighted by Gasteiger charge is -2.07. The van der Waals surface area contributed by atoms with E-state index < -0.39 is 0 Å². The summed E-state index contributed by atoms with van der Waals surface area (Å²) in [4.78, 5) is 4.32. The van der Waals surface area contributed by atoms with Crippen molar-refractivity contribution < 1.29 is 0 Å². The van der Waals surface area contributed by atoms with E-state index in [1.54, 1.807) is 18.0 Å². The molecule has 18 heavy (non-hydrogen) atoms. The zero-order valence-electron chi connectivity index (χ0n) is 9.66. The molecule has 0 spiro atoms. The number of hydrogen-bond acceptors (Lipinski definition) is 2. The summed E-state index contributed by atoms with van der Waals surface area (Å²) in [5.74, 6) is 1.14. The molecule has 1 heterocycles. The standard InChI is InChI=1S/C12H11Cl3N2S/c1-17-8(5-13)6-16-12(17)18-7-9-10(14)3-2-4-11(9)15/h2-4,6H,5,7H2,1H3. The number of hydrogen-bond donors (Lipinski definition) is 0. The quantitative estimate of drug-likeness (QED) is 0.597. The highest BCUT2D eigenvalue weighted by Crippen LogP contribution is 2.31. The second kappa shape index (κ2) is 6.20. The molecule has 0 unspecified atom stereocenters. The van der Waals surface area contributed by atoms with Gasteiger partial charge < -0.3 is 4.57 Å². The van der Waals surface area contributed by atoms with Gasteiger partial charge in [-0.1, -0.05) is 41.0 Å². The van der Waals surface area contributed by atoms with Crippen molar-refractivity contribution in [2.45, 2.75) is 16.8 Å². The number of aromatic nitrogens is 2. The summed E-state index contributed by atoms with van der Waals surface area (Å²) in [6.07, 6.45) is 1.78. The number of imidazole rings is 1. The second-order valence-corrected chi connectivity index (χ2v) is 5.74. The fourth-order valence-electron chi connectivity index (χ4n) is 1.49. The summed E-state index contributed by atoms with van der Waals surface area (Å²) in [7, 11) is 1.95. The number of rotatable bonds is 4. The molecular formula is C12H11Cl3N2S. The third-order valence-corrected chi connectivity index (χ3v) is 4.64. The topological polar surface area (TPSA) is 17.8 Å². The summed E-state index contributed by atoms with van der Waals surface area (Å²) in [5, 5.41) is 2.27. The molecule has 6 heteroatoms. The van der Waals surface area contributed by atoms with Crippen LogP contribution in [0.1, 0.15) is 11.3 Å². The molecule has 0 saturated heterocycles. The Balaban J connectivity index is 2.14. The third-order valence-electron chi connectivity index (χ3n) is 2.59. The lowest BCUT2D eigenvalue weighted by Crippen LogP contribution is -1.96. The first-order chi connectivity index (χ1) is 8.63. The van der Waals surface area contributed by atoms with Crippen LogP contribution in [0.2, 0.25) is 10.0 Å². The summed E-state index contributed by atoms with van der Waals surface area (Å²) in [6, 6.07) is 5.52. The molecule has 0 aliphatic heterocycles. The first kappa shape index (κ1) is 14.1. The van der Waals surface area contributed by atoms with Crippen molar-refractivity contribution in [1.29, 1.82) is 0 Å². The predicted octanol–water partition coefficient (Wildman–Crippen LogP) is 4.76. The molecule has 0 N–H and O–H groups in total. The van der Waals surface area contributed by atoms with Gasteiger partial charge in [-0.05, 0) is 17.7 Å². The molecule has 0 bridgehead atoms. The Hall–Kier alpha value is -0.350. The Kier molecular flexibility index (Phi) is 4.84. The number of benzene rings is 1. The smallest absolute Gasteiger partial charge is 0.168 e. The van der Waals surface area contributed by atoms with E-state index in [1.165, 1.54) is 0 Å². The molecule has 0 saturated carbocycles. The van der Waals surface area contributed by atoms with Gasteiger partial charge in [-0.15, -0.1) is 11.6 Å². The van der Waals surface area contributed by atoms with Crippen LogP contribution < -0.4 is 0 Å². The average molecular weight is 322 g/mol. The monoisotopic (exact) mass is 320 g/mol. The molecule has 0 atom stereocenters. The zero-order chi connectivity index (χ0) is 13.1. The molecule has 96 valence electrons. The minimum Gasteiger partial charge on any atom is -0.325 e. The number of halogens is 3. The molecule has 2 aromatic rings. The number of nitrogens with zero attached hydrogens (tertiary/aromatic N) is 2. The molecule has 0 aliphatic rings. The summed E-state index contributed by atoms with van der Waals surface area (Å²) < 4.78 is 1.97. The van der Waals surface area contributed by atoms with Crippen LogP contribution in [0.4, 0.5) is 0 Å². The Morgan fingerprint density at radius 2 is 1.94 bits per heavy atom. The Labute approximate surface area is 125 Å². The minimum absolute atomic E-state index is 0.455. The van der Waals surface area contributed by atoms with E-state index in [4.69, 9.17) is 34.8 Å². The first-order valence-electron chi connectivity index (χ1n) is 5.25. The fraction of sp³-hybridized carbons (Fsp3) is 0.250. The van der Waals surface area contributed by atoms with Crippen molar-refractivity contribution in [2.24, 2.45) is 7.05 Å². The van der Waals surface area contributed by atoms with E-state index in [-0.39, 0.29) is 0 Å². The van der Waals surface area contributed by atoms with Crippen LogP contribution in [0.25, 0.3) is 0 Å². The van der Waals surface area contributed by atoms with E-state index in [1.807, 2.05) is 29.8 Å². The van der Waals surface area contributed by atoms with E-state index in [0.29, 0.717) is 21.7 Å². The van der Waals surface area contributed by atoms with Crippen LogP contribution in [-0.2, 0) is 18.7 Å². The normalized spacial score (nSPS) is 10.9. The van der Waals surface area contributed by atoms with Gasteiger partial charge in [0.2, 0.25) is 0 Å². The lowest BCUT2D eigenvalue weighted by molar-refractivity contribution is 0.761. The molecule has 1 aromatic carbocycles. The van der Waals surface area contributed by atoms with Gasteiger partial charge in [0.05, 0.1) is 17.8 Å². The van der Waals surface area contributed by atoms with E-state index in [0.717, 1.165) is 16.4 Å². The summed E-state index contributed by atoms with van der Waals surface area (Å²) in [5.41, 5.74) is 1.92. The van der Waals surface area contributed by atoms with Crippen molar-refractivity contribution in [3.63, 3.8) is 0 Å². The second-order valence-electron chi connectivity index (χ2n) is 3.71. The van der Waals surface area contributed by atoms with Gasteiger partial charge >= 0.3 is 0 Å². The highest BCUT2D eigenvalue weighted by Gasteiger charge is 2.10. The third kappa shape index (κ3) is 2.97. The van der Waals surface area contributed by atoms with Crippen molar-refractivity contribution in [3.8, 4) is 0 Å². The maximum Gasteiger partial charge on any atom is 0.168 e. The molecule has 0 amide bonds. The van der Waals surface area contributed by atoms with Crippen LogP contribution in [0.5, 0.6) is 0 Å². The number of thioether (sulfide) groups is 1. The highest BCUT2D eigenvalue weighted by atomic mass is 35.5. The molecule has 0 radical (unpaired) electrons. The maximum absolute atomic E-state index is 6.12. The van der Waals surface area contributed by atoms with Crippen LogP contribution in [0.15, 0.2) is 29.6 Å². The lowest BCUT2D eigenvalue weighted by atomic mass is 10.2. The van der Waals surface area contributed by atoms with Crippen LogP contribution in [0, 0.1) is 0 Å². The first-order valence-corrected chi connectivity index (χ1v) is 7.53. The van der Waals surface area contributed by atoms with E-state index >= 15 is 0 Å². The minimum atomic E-state index is 0.455. The molecular weight excluding hydrogens is 311 g/mol. The van der Waals surface area contributed by atoms with Gasteiger partial charge in [0.15, 0.2) is 5.16 Å². The summed E-state index contributed by atoms with van der Waals surface area (Å²) >= 11 is 19.6. The van der Waals surface area contributed by atoms with Crippen molar-refractivity contribution >= 4 is 46.6 Å². The van der Waals surface area contributed by atoms with Crippen molar-refractivity contribution in [3.05, 3.63) is 45.7 Å². The zero-order valence-corrected chi connectivity index (χ0v) is 12.7. The van der Waals surface area contributed by atoms with Gasteiger partial charge in [0.25, 0.3) is 0 Å². The van der Waals surface area contributed by atoms with Gasteiger partial charge in [0, 0.05) is 22.8 Å². The predicted molar refractivity (Wildman–Crippen MR) is 78.8 cm³/mol. The summed E-state index contributed by atoms with van der Waals surface area (Å²) in [6.45, 7) is 0. The largest absolute Gasteiger partial charge is 0.325 e. The molecule has 0 aliphatic carbocycles. The van der Waals surface area contributed by atoms with Gasteiger partial charge in [-0.3, -0.25) is 0 Å². The molecule has 1 aromatic heterocycles. The van der Waals surface area contributed by atoms with Crippen molar-refractivity contribution in [1.82, 2.24) is 9.55 Å². The Morgan fingerprint density at radius 3 is 2.50 bits per heavy atom. The maximum atomic E-state index is 6.12. The van der Waals surface area contributed by atoms with E-state index in [2.05, 4.69) is 4.98 Å². The van der Waals surface area contributed by atoms with Gasteiger partial charge in [-0.2, -0.15) is 0 Å². The Bertz CT molecular complexity index is 534. The van der Waals surface area contributed by atoms with E-state index in [9.17, 15) is 0 Å². The fourth-order valence-corrected chi connectivity index (χ4v) is 3.45. The molecule has 2 rings (SSSR count). The van der Waals surface area contributed by atoms with Gasteiger partial charge in [0.1, 0.15) is 0 Å². The van der Waals surface area contributed by atoms with Crippen LogP contribution >= 0.6 is 46.6 Å². The SMILES string of the molecule is Cn1c(CCl)cnc1SCc1c(Cl)cccc1Cl.